The molecule has 1 aromatic carbocycles. The van der Waals surface area contributed by atoms with Crippen molar-refractivity contribution in [3.8, 4) is 0 Å². The number of rotatable bonds is 1. The highest BCUT2D eigenvalue weighted by Crippen LogP contribution is 2.36. The molecule has 0 saturated heterocycles. The van der Waals surface area contributed by atoms with Crippen LogP contribution in [0.4, 0.5) is 0 Å². The number of aromatic amines is 1. The molecule has 0 radical (unpaired) electrons. The van der Waals surface area contributed by atoms with Gasteiger partial charge in [0.05, 0.1) is 5.02 Å². The minimum absolute atomic E-state index is 0.273. The topological polar surface area (TPSA) is 36.0 Å². The average Bonchev–Trinajstić information content (AvgIpc) is 2.71. The summed E-state index contributed by atoms with van der Waals surface area (Å²) in [7, 11) is 0. The van der Waals surface area contributed by atoms with Gasteiger partial charge in [0, 0.05) is 23.2 Å². The third-order valence-electron chi connectivity index (χ3n) is 3.84. The van der Waals surface area contributed by atoms with Crippen LogP contribution >= 0.6 is 11.6 Å². The zero-order valence-electron chi connectivity index (χ0n) is 9.89. The molecule has 3 rings (SSSR count). The molecule has 0 saturated carbocycles. The van der Waals surface area contributed by atoms with Gasteiger partial charge in [-0.15, -0.1) is 0 Å². The Bertz CT molecular complexity index is 573. The number of H-pyrrole nitrogens is 1. The predicted molar refractivity (Wildman–Crippen MR) is 70.6 cm³/mol. The number of benzene rings is 1. The Balaban J connectivity index is 2.22. The largest absolute Gasteiger partial charge is 0.396 e. The molecule has 90 valence electrons. The van der Waals surface area contributed by atoms with Crippen LogP contribution in [0.15, 0.2) is 12.1 Å². The van der Waals surface area contributed by atoms with Crippen LogP contribution < -0.4 is 0 Å². The maximum Gasteiger partial charge on any atom is 0.0531 e. The Morgan fingerprint density at radius 2 is 2.29 bits per heavy atom. The van der Waals surface area contributed by atoms with Crippen molar-refractivity contribution in [2.24, 2.45) is 5.92 Å². The summed E-state index contributed by atoms with van der Waals surface area (Å²) in [6.07, 6.45) is 3.02. The van der Waals surface area contributed by atoms with Crippen LogP contribution in [0.25, 0.3) is 10.9 Å². The van der Waals surface area contributed by atoms with Crippen LogP contribution in [0.3, 0.4) is 0 Å². The van der Waals surface area contributed by atoms with Gasteiger partial charge in [0.1, 0.15) is 0 Å². The maximum atomic E-state index is 9.31. The first-order valence-electron chi connectivity index (χ1n) is 6.10. The van der Waals surface area contributed by atoms with Crippen LogP contribution in [0.1, 0.15) is 23.2 Å². The summed E-state index contributed by atoms with van der Waals surface area (Å²) < 4.78 is 0. The minimum Gasteiger partial charge on any atom is -0.396 e. The summed E-state index contributed by atoms with van der Waals surface area (Å²) in [5.41, 5.74) is 4.87. The Labute approximate surface area is 106 Å². The van der Waals surface area contributed by atoms with Crippen LogP contribution in [0, 0.1) is 12.8 Å². The molecule has 1 atom stereocenters. The second-order valence-electron chi connectivity index (χ2n) is 4.99. The number of hydrogen-bond acceptors (Lipinski definition) is 1. The second-order valence-corrected chi connectivity index (χ2v) is 5.37. The van der Waals surface area contributed by atoms with E-state index in [1.807, 2.05) is 6.92 Å². The van der Waals surface area contributed by atoms with Crippen LogP contribution in [0.5, 0.6) is 0 Å². The number of aromatic nitrogens is 1. The second kappa shape index (κ2) is 4.04. The summed E-state index contributed by atoms with van der Waals surface area (Å²) in [5, 5.41) is 11.3. The van der Waals surface area contributed by atoms with Crippen molar-refractivity contribution in [3.63, 3.8) is 0 Å². The molecule has 0 fully saturated rings. The maximum absolute atomic E-state index is 9.31. The first-order valence-corrected chi connectivity index (χ1v) is 6.48. The number of aryl methyl sites for hydroxylation is 2. The Hall–Kier alpha value is -0.990. The third kappa shape index (κ3) is 1.67. The fourth-order valence-corrected chi connectivity index (χ4v) is 3.08. The van der Waals surface area contributed by atoms with Gasteiger partial charge in [-0.2, -0.15) is 0 Å². The molecule has 1 unspecified atom stereocenters. The quantitative estimate of drug-likeness (QED) is 0.800. The number of halogens is 1. The zero-order valence-corrected chi connectivity index (χ0v) is 10.6. The SMILES string of the molecule is Cc1ccc2[nH]c3c(c2c1Cl)CC(CO)CC3. The number of aliphatic hydroxyl groups excluding tert-OH is 1. The standard InChI is InChI=1S/C14H16ClNO/c1-8-2-4-12-13(14(8)15)10-6-9(7-17)3-5-11(10)16-12/h2,4,9,16-17H,3,5-7H2,1H3. The molecule has 0 spiro atoms. The molecule has 0 amide bonds. The molecular weight excluding hydrogens is 234 g/mol. The van der Waals surface area contributed by atoms with Gasteiger partial charge < -0.3 is 10.1 Å². The molecule has 1 aliphatic carbocycles. The Morgan fingerprint density at radius 1 is 1.47 bits per heavy atom. The summed E-state index contributed by atoms with van der Waals surface area (Å²) in [6, 6.07) is 4.15. The molecule has 0 aliphatic heterocycles. The van der Waals surface area contributed by atoms with Gasteiger partial charge in [-0.05, 0) is 49.3 Å². The third-order valence-corrected chi connectivity index (χ3v) is 4.33. The molecule has 2 aromatic rings. The lowest BCUT2D eigenvalue weighted by Crippen LogP contribution is -2.16. The highest BCUT2D eigenvalue weighted by Gasteiger charge is 2.23. The van der Waals surface area contributed by atoms with E-state index < -0.39 is 0 Å². The van der Waals surface area contributed by atoms with Crippen molar-refractivity contribution >= 4 is 22.5 Å². The first-order chi connectivity index (χ1) is 8.20. The number of nitrogens with one attached hydrogen (secondary N) is 1. The molecular formula is C14H16ClNO. The van der Waals surface area contributed by atoms with Crippen molar-refractivity contribution in [2.75, 3.05) is 6.61 Å². The minimum atomic E-state index is 0.273. The van der Waals surface area contributed by atoms with E-state index in [4.69, 9.17) is 11.6 Å². The lowest BCUT2D eigenvalue weighted by atomic mass is 9.87. The van der Waals surface area contributed by atoms with E-state index in [-0.39, 0.29) is 6.61 Å². The van der Waals surface area contributed by atoms with Gasteiger partial charge in [-0.1, -0.05) is 17.7 Å². The lowest BCUT2D eigenvalue weighted by Gasteiger charge is -2.20. The van der Waals surface area contributed by atoms with Gasteiger partial charge in [-0.25, -0.2) is 0 Å². The van der Waals surface area contributed by atoms with E-state index in [1.165, 1.54) is 16.6 Å². The number of hydrogen-bond donors (Lipinski definition) is 2. The molecule has 1 aliphatic rings. The molecule has 3 heteroatoms. The van der Waals surface area contributed by atoms with Gasteiger partial charge >= 0.3 is 0 Å². The number of fused-ring (bicyclic) bond motifs is 3. The molecule has 17 heavy (non-hydrogen) atoms. The first kappa shape index (κ1) is 11.1. The number of aliphatic hydroxyl groups is 1. The van der Waals surface area contributed by atoms with Gasteiger partial charge in [-0.3, -0.25) is 0 Å². The molecule has 2 N–H and O–H groups in total. The smallest absolute Gasteiger partial charge is 0.0531 e. The monoisotopic (exact) mass is 249 g/mol. The van der Waals surface area contributed by atoms with Crippen molar-refractivity contribution in [1.82, 2.24) is 4.98 Å². The van der Waals surface area contributed by atoms with E-state index in [9.17, 15) is 5.11 Å². The van der Waals surface area contributed by atoms with E-state index in [2.05, 4.69) is 17.1 Å². The summed E-state index contributed by atoms with van der Waals surface area (Å²) in [5.74, 6) is 0.387. The van der Waals surface area contributed by atoms with Gasteiger partial charge in [0.2, 0.25) is 0 Å². The molecule has 2 nitrogen and oxygen atoms in total. The highest BCUT2D eigenvalue weighted by molar-refractivity contribution is 6.36. The summed E-state index contributed by atoms with van der Waals surface area (Å²) >= 11 is 6.41. The molecule has 1 aromatic heterocycles. The molecule has 1 heterocycles. The Kier molecular flexibility index (Phi) is 2.64. The van der Waals surface area contributed by atoms with Crippen molar-refractivity contribution < 1.29 is 5.11 Å². The fraction of sp³-hybridized carbons (Fsp3) is 0.429. The Morgan fingerprint density at radius 3 is 3.06 bits per heavy atom. The fourth-order valence-electron chi connectivity index (χ4n) is 2.80. The van der Waals surface area contributed by atoms with E-state index in [1.54, 1.807) is 0 Å². The van der Waals surface area contributed by atoms with Crippen molar-refractivity contribution in [3.05, 3.63) is 34.0 Å². The zero-order chi connectivity index (χ0) is 12.0. The van der Waals surface area contributed by atoms with Crippen LogP contribution in [-0.4, -0.2) is 16.7 Å². The normalized spacial score (nSPS) is 19.6. The van der Waals surface area contributed by atoms with Crippen molar-refractivity contribution in [1.29, 1.82) is 0 Å². The predicted octanol–water partition coefficient (Wildman–Crippen LogP) is 3.23. The lowest BCUT2D eigenvalue weighted by molar-refractivity contribution is 0.213. The van der Waals surface area contributed by atoms with E-state index in [0.717, 1.165) is 35.4 Å². The van der Waals surface area contributed by atoms with Crippen LogP contribution in [-0.2, 0) is 12.8 Å². The van der Waals surface area contributed by atoms with Crippen molar-refractivity contribution in [2.45, 2.75) is 26.2 Å². The van der Waals surface area contributed by atoms with Crippen LogP contribution in [0.2, 0.25) is 5.02 Å². The molecule has 0 bridgehead atoms. The summed E-state index contributed by atoms with van der Waals surface area (Å²) in [6.45, 7) is 2.31. The summed E-state index contributed by atoms with van der Waals surface area (Å²) in [4.78, 5) is 3.46. The highest BCUT2D eigenvalue weighted by atomic mass is 35.5. The van der Waals surface area contributed by atoms with E-state index in [0.29, 0.717) is 5.92 Å². The van der Waals surface area contributed by atoms with E-state index >= 15 is 0 Å². The van der Waals surface area contributed by atoms with Gasteiger partial charge in [0.15, 0.2) is 0 Å². The average molecular weight is 250 g/mol. The van der Waals surface area contributed by atoms with Gasteiger partial charge in [0.25, 0.3) is 0 Å².